The molecule has 1 aliphatic carbocycles. The van der Waals surface area contributed by atoms with E-state index in [-0.39, 0.29) is 23.4 Å². The number of halogens is 4. The van der Waals surface area contributed by atoms with Crippen molar-refractivity contribution in [1.82, 2.24) is 10.2 Å². The van der Waals surface area contributed by atoms with E-state index in [2.05, 4.69) is 21.2 Å². The normalized spacial score (nSPS) is 21.9. The summed E-state index contributed by atoms with van der Waals surface area (Å²) in [4.78, 5) is 39.2. The van der Waals surface area contributed by atoms with Crippen LogP contribution in [0.5, 0.6) is 0 Å². The van der Waals surface area contributed by atoms with Crippen LogP contribution in [0.1, 0.15) is 58.0 Å². The smallest absolute Gasteiger partial charge is 0.341 e. The fourth-order valence-electron chi connectivity index (χ4n) is 4.41. The molecule has 0 radical (unpaired) electrons. The fourth-order valence-corrected chi connectivity index (χ4v) is 4.67. The van der Waals surface area contributed by atoms with E-state index in [0.29, 0.717) is 41.3 Å². The Hall–Kier alpha value is -2.68. The van der Waals surface area contributed by atoms with Crippen molar-refractivity contribution < 1.29 is 27.6 Å². The summed E-state index contributed by atoms with van der Waals surface area (Å²) in [6.45, 7) is 0. The van der Waals surface area contributed by atoms with Crippen molar-refractivity contribution in [3.05, 3.63) is 69.7 Å². The molecule has 0 bridgehead atoms. The van der Waals surface area contributed by atoms with Crippen LogP contribution in [0.2, 0.25) is 0 Å². The second-order valence-electron chi connectivity index (χ2n) is 8.07. The Morgan fingerprint density at radius 1 is 0.938 bits per heavy atom. The molecule has 32 heavy (non-hydrogen) atoms. The Bertz CT molecular complexity index is 1010. The second kappa shape index (κ2) is 8.69. The van der Waals surface area contributed by atoms with E-state index >= 15 is 0 Å². The van der Waals surface area contributed by atoms with Crippen molar-refractivity contribution in [2.75, 3.05) is 0 Å². The van der Waals surface area contributed by atoms with Gasteiger partial charge in [-0.1, -0.05) is 40.2 Å². The number of carbonyl (C=O) groups is 3. The predicted octanol–water partition coefficient (Wildman–Crippen LogP) is 5.02. The molecule has 9 heteroatoms. The minimum atomic E-state index is -4.64. The molecule has 0 aromatic heterocycles. The zero-order valence-electron chi connectivity index (χ0n) is 16.9. The number of amides is 3. The van der Waals surface area contributed by atoms with Crippen molar-refractivity contribution in [3.63, 3.8) is 0 Å². The van der Waals surface area contributed by atoms with Crippen LogP contribution in [0.25, 0.3) is 0 Å². The fraction of sp³-hybridized carbons (Fsp3) is 0.348. The highest BCUT2D eigenvalue weighted by atomic mass is 79.9. The first-order valence-corrected chi connectivity index (χ1v) is 11.1. The van der Waals surface area contributed by atoms with Crippen molar-refractivity contribution in [2.24, 2.45) is 5.92 Å². The molecule has 168 valence electrons. The molecule has 2 aromatic carbocycles. The molecule has 1 atom stereocenters. The minimum Gasteiger partial charge on any atom is -0.341 e. The SMILES string of the molecule is O=C(NC(c1ccc(Br)cc1)C(F)(F)F)C1CCC(N2C(=O)c3ccccc3C2=O)CC1. The molecule has 0 saturated heterocycles. The molecule has 0 spiro atoms. The molecule has 4 rings (SSSR count). The quantitative estimate of drug-likeness (QED) is 0.589. The summed E-state index contributed by atoms with van der Waals surface area (Å²) in [5.74, 6) is -1.99. The summed E-state index contributed by atoms with van der Waals surface area (Å²) in [5, 5.41) is 2.15. The number of rotatable bonds is 4. The number of fused-ring (bicyclic) bond motifs is 1. The van der Waals surface area contributed by atoms with E-state index in [4.69, 9.17) is 0 Å². The minimum absolute atomic E-state index is 0.0474. The molecule has 1 heterocycles. The zero-order valence-corrected chi connectivity index (χ0v) is 18.4. The van der Waals surface area contributed by atoms with Gasteiger partial charge in [0.05, 0.1) is 11.1 Å². The summed E-state index contributed by atoms with van der Waals surface area (Å²) in [5.41, 5.74) is 0.675. The Morgan fingerprint density at radius 3 is 1.97 bits per heavy atom. The molecule has 2 aromatic rings. The van der Waals surface area contributed by atoms with Crippen LogP contribution >= 0.6 is 15.9 Å². The number of benzene rings is 2. The topological polar surface area (TPSA) is 66.5 Å². The van der Waals surface area contributed by atoms with Crippen LogP contribution in [0.15, 0.2) is 53.0 Å². The van der Waals surface area contributed by atoms with E-state index in [1.807, 2.05) is 0 Å². The molecule has 5 nitrogen and oxygen atoms in total. The number of hydrogen-bond acceptors (Lipinski definition) is 3. The summed E-state index contributed by atoms with van der Waals surface area (Å²) < 4.78 is 41.5. The molecule has 1 N–H and O–H groups in total. The van der Waals surface area contributed by atoms with E-state index < -0.39 is 24.0 Å². The van der Waals surface area contributed by atoms with Crippen LogP contribution in [0, 0.1) is 5.92 Å². The monoisotopic (exact) mass is 508 g/mol. The van der Waals surface area contributed by atoms with E-state index in [9.17, 15) is 27.6 Å². The Morgan fingerprint density at radius 2 is 1.47 bits per heavy atom. The third kappa shape index (κ3) is 4.30. The van der Waals surface area contributed by atoms with Crippen LogP contribution in [0.4, 0.5) is 13.2 Å². The number of nitrogens with one attached hydrogen (secondary N) is 1. The van der Waals surface area contributed by atoms with E-state index in [1.54, 1.807) is 24.3 Å². The lowest BCUT2D eigenvalue weighted by Crippen LogP contribution is -2.45. The Balaban J connectivity index is 1.41. The highest BCUT2D eigenvalue weighted by Crippen LogP contribution is 2.36. The molecular formula is C23H20BrF3N2O3. The van der Waals surface area contributed by atoms with Crippen LogP contribution in [-0.4, -0.2) is 34.8 Å². The average molecular weight is 509 g/mol. The number of imide groups is 1. The predicted molar refractivity (Wildman–Crippen MR) is 114 cm³/mol. The molecule has 3 amide bonds. The lowest BCUT2D eigenvalue weighted by molar-refractivity contribution is -0.165. The third-order valence-corrected chi connectivity index (χ3v) is 6.60. The first-order chi connectivity index (χ1) is 15.2. The number of hydrogen-bond donors (Lipinski definition) is 1. The molecule has 2 aliphatic rings. The Labute approximate surface area is 191 Å². The van der Waals surface area contributed by atoms with Gasteiger partial charge in [0.15, 0.2) is 6.04 Å². The number of alkyl halides is 3. The van der Waals surface area contributed by atoms with Gasteiger partial charge in [-0.2, -0.15) is 13.2 Å². The van der Waals surface area contributed by atoms with Gasteiger partial charge in [0, 0.05) is 16.4 Å². The second-order valence-corrected chi connectivity index (χ2v) is 8.98. The van der Waals surface area contributed by atoms with Gasteiger partial charge in [0.25, 0.3) is 11.8 Å². The zero-order chi connectivity index (χ0) is 23.0. The number of carbonyl (C=O) groups excluding carboxylic acids is 3. The third-order valence-electron chi connectivity index (χ3n) is 6.08. The average Bonchev–Trinajstić information content (AvgIpc) is 3.02. The van der Waals surface area contributed by atoms with Gasteiger partial charge < -0.3 is 5.32 Å². The van der Waals surface area contributed by atoms with Crippen molar-refractivity contribution >= 4 is 33.7 Å². The maximum Gasteiger partial charge on any atom is 0.412 e. The molecule has 1 saturated carbocycles. The van der Waals surface area contributed by atoms with Crippen LogP contribution in [-0.2, 0) is 4.79 Å². The first kappa shape index (κ1) is 22.5. The summed E-state index contributed by atoms with van der Waals surface area (Å²) in [7, 11) is 0. The molecular weight excluding hydrogens is 489 g/mol. The summed E-state index contributed by atoms with van der Waals surface area (Å²) in [6, 6.07) is 9.76. The number of nitrogens with zero attached hydrogens (tertiary/aromatic N) is 1. The standard InChI is InChI=1S/C23H20BrF3N2O3/c24-15-9-5-13(6-10-15)19(23(25,26)27)28-20(30)14-7-11-16(12-8-14)29-21(31)17-3-1-2-4-18(17)22(29)32/h1-6,9-10,14,16,19H,7-8,11-12H2,(H,28,30). The van der Waals surface area contributed by atoms with Gasteiger partial charge in [-0.15, -0.1) is 0 Å². The Kier molecular flexibility index (Phi) is 6.11. The summed E-state index contributed by atoms with van der Waals surface area (Å²) in [6.07, 6.45) is -3.29. The van der Waals surface area contributed by atoms with Crippen molar-refractivity contribution in [1.29, 1.82) is 0 Å². The van der Waals surface area contributed by atoms with Crippen LogP contribution in [0.3, 0.4) is 0 Å². The van der Waals surface area contributed by atoms with Gasteiger partial charge in [0.1, 0.15) is 0 Å². The van der Waals surface area contributed by atoms with Gasteiger partial charge in [-0.05, 0) is 55.5 Å². The first-order valence-electron chi connectivity index (χ1n) is 10.3. The van der Waals surface area contributed by atoms with Gasteiger partial charge in [-0.3, -0.25) is 19.3 Å². The molecule has 1 aliphatic heterocycles. The van der Waals surface area contributed by atoms with Crippen molar-refractivity contribution in [2.45, 2.75) is 43.9 Å². The van der Waals surface area contributed by atoms with E-state index in [1.165, 1.54) is 29.2 Å². The lowest BCUT2D eigenvalue weighted by Gasteiger charge is -2.33. The van der Waals surface area contributed by atoms with Crippen LogP contribution < -0.4 is 5.32 Å². The maximum atomic E-state index is 13.6. The van der Waals surface area contributed by atoms with Crippen molar-refractivity contribution in [3.8, 4) is 0 Å². The largest absolute Gasteiger partial charge is 0.412 e. The summed E-state index contributed by atoms with van der Waals surface area (Å²) >= 11 is 3.19. The van der Waals surface area contributed by atoms with Gasteiger partial charge >= 0.3 is 6.18 Å². The highest BCUT2D eigenvalue weighted by Gasteiger charge is 2.44. The van der Waals surface area contributed by atoms with Gasteiger partial charge in [-0.25, -0.2) is 0 Å². The molecule has 1 unspecified atom stereocenters. The van der Waals surface area contributed by atoms with Gasteiger partial charge in [0.2, 0.25) is 5.91 Å². The lowest BCUT2D eigenvalue weighted by atomic mass is 9.84. The van der Waals surface area contributed by atoms with E-state index in [0.717, 1.165) is 0 Å². The highest BCUT2D eigenvalue weighted by molar-refractivity contribution is 9.10. The maximum absolute atomic E-state index is 13.6. The molecule has 1 fully saturated rings.